The quantitative estimate of drug-likeness (QED) is 0.304. The van der Waals surface area contributed by atoms with Gasteiger partial charge in [0.2, 0.25) is 7.38 Å². The number of halogens is 1. The van der Waals surface area contributed by atoms with E-state index in [1.165, 1.54) is 0 Å². The average Bonchev–Trinajstić information content (AvgIpc) is 2.00. The van der Waals surface area contributed by atoms with Crippen LogP contribution >= 0.6 is 11.1 Å². The molecule has 2 nitrogen and oxygen atoms in total. The number of rotatable bonds is 4. The van der Waals surface area contributed by atoms with Crippen molar-refractivity contribution in [2.75, 3.05) is 6.23 Å². The molecule has 0 heterocycles. The summed E-state index contributed by atoms with van der Waals surface area (Å²) in [6.07, 6.45) is 3.31. The summed E-state index contributed by atoms with van der Waals surface area (Å²) in [6.45, 7) is 7.09. The van der Waals surface area contributed by atoms with Crippen LogP contribution in [-0.2, 0) is 9.53 Å². The van der Waals surface area contributed by atoms with E-state index in [9.17, 15) is 4.79 Å². The fourth-order valence-corrected chi connectivity index (χ4v) is 2.42. The smallest absolute Gasteiger partial charge is 0.329 e. The highest BCUT2D eigenvalue weighted by atomic mass is 35.6. The maximum Gasteiger partial charge on any atom is 0.329 e. The van der Waals surface area contributed by atoms with Crippen LogP contribution < -0.4 is 0 Å². The van der Waals surface area contributed by atoms with Crippen LogP contribution in [-0.4, -0.2) is 19.6 Å². The highest BCUT2D eigenvalue weighted by Crippen LogP contribution is 2.10. The van der Waals surface area contributed by atoms with Crippen LogP contribution in [0.2, 0.25) is 6.55 Å². The fraction of sp³-hybridized carbons (Fsp3) is 0.375. The molecule has 68 valence electrons. The lowest BCUT2D eigenvalue weighted by atomic mass is 10.7. The first-order valence-electron chi connectivity index (χ1n) is 3.64. The van der Waals surface area contributed by atoms with Gasteiger partial charge in [-0.3, -0.25) is 0 Å². The molecule has 12 heavy (non-hydrogen) atoms. The fourth-order valence-electron chi connectivity index (χ4n) is 0.667. The Balaban J connectivity index is 3.90. The first-order valence-corrected chi connectivity index (χ1v) is 7.43. The Hall–Kier alpha value is -0.543. The number of carbonyl (C=O) groups is 1. The minimum atomic E-state index is -1.98. The first-order chi connectivity index (χ1) is 5.52. The van der Waals surface area contributed by atoms with Gasteiger partial charge in [0, 0.05) is 6.08 Å². The zero-order valence-electron chi connectivity index (χ0n) is 7.34. The molecular weight excluding hydrogens is 192 g/mol. The minimum absolute atomic E-state index is 0.295. The molecule has 0 saturated carbocycles. The Bertz CT molecular complexity index is 199. The molecule has 0 radical (unpaired) electrons. The van der Waals surface area contributed by atoms with Gasteiger partial charge in [0.05, 0.1) is 0 Å². The second-order valence-corrected chi connectivity index (χ2v) is 8.36. The highest BCUT2D eigenvalue weighted by molar-refractivity contribution is 7.22. The maximum absolute atomic E-state index is 10.7. The summed E-state index contributed by atoms with van der Waals surface area (Å²) in [5, 5.41) is 0. The number of ether oxygens (including phenoxy) is 1. The molecule has 0 aliphatic carbocycles. The average molecular weight is 205 g/mol. The van der Waals surface area contributed by atoms with E-state index in [1.807, 2.05) is 25.2 Å². The van der Waals surface area contributed by atoms with Gasteiger partial charge in [-0.2, -0.15) is 11.1 Å². The van der Waals surface area contributed by atoms with Crippen molar-refractivity contribution in [3.8, 4) is 0 Å². The number of carbonyl (C=O) groups excluding carboxylic acids is 1. The van der Waals surface area contributed by atoms with Crippen molar-refractivity contribution < 1.29 is 9.53 Å². The summed E-state index contributed by atoms with van der Waals surface area (Å²) < 4.78 is 4.83. The predicted octanol–water partition coefficient (Wildman–Crippen LogP) is 2.18. The molecule has 0 amide bonds. The third-order valence-corrected chi connectivity index (χ3v) is 3.62. The molecule has 0 saturated heterocycles. The Morgan fingerprint density at radius 3 is 2.75 bits per heavy atom. The zero-order valence-corrected chi connectivity index (χ0v) is 9.10. The van der Waals surface area contributed by atoms with Crippen LogP contribution in [0.15, 0.2) is 24.4 Å². The van der Waals surface area contributed by atoms with Crippen LogP contribution in [0.3, 0.4) is 0 Å². The number of hydrogen-bond acceptors (Lipinski definition) is 2. The molecule has 0 aliphatic heterocycles. The molecule has 0 bridgehead atoms. The van der Waals surface area contributed by atoms with E-state index < -0.39 is 13.4 Å². The number of hydrogen-bond donors (Lipinski definition) is 0. The van der Waals surface area contributed by atoms with Crippen LogP contribution in [0.4, 0.5) is 0 Å². The van der Waals surface area contributed by atoms with Gasteiger partial charge in [0.1, 0.15) is 6.23 Å². The van der Waals surface area contributed by atoms with Crippen LogP contribution in [0, 0.1) is 0 Å². The van der Waals surface area contributed by atoms with Crippen molar-refractivity contribution >= 4 is 24.4 Å². The van der Waals surface area contributed by atoms with Gasteiger partial charge >= 0.3 is 5.97 Å². The lowest BCUT2D eigenvalue weighted by molar-refractivity contribution is -0.135. The molecule has 0 aromatic carbocycles. The highest BCUT2D eigenvalue weighted by Gasteiger charge is 2.22. The molecule has 0 N–H and O–H groups in total. The van der Waals surface area contributed by atoms with Crippen LogP contribution in [0.1, 0.15) is 6.92 Å². The van der Waals surface area contributed by atoms with E-state index in [-0.39, 0.29) is 0 Å². The van der Waals surface area contributed by atoms with Crippen LogP contribution in [0.25, 0.3) is 0 Å². The van der Waals surface area contributed by atoms with E-state index in [4.69, 9.17) is 15.8 Å². The van der Waals surface area contributed by atoms with E-state index in [2.05, 4.69) is 6.58 Å². The van der Waals surface area contributed by atoms with Gasteiger partial charge in [-0.25, -0.2) is 4.79 Å². The standard InChI is InChI=1S/C8H13ClO2Si/c1-4-6-12(3,9)7-11-8(10)5-2/h4-6H,2,7H2,1,3H3. The second-order valence-electron chi connectivity index (χ2n) is 2.59. The van der Waals surface area contributed by atoms with Crippen molar-refractivity contribution in [1.82, 2.24) is 0 Å². The topological polar surface area (TPSA) is 26.3 Å². The Labute approximate surface area is 78.6 Å². The normalized spacial score (nSPS) is 15.6. The van der Waals surface area contributed by atoms with Crippen molar-refractivity contribution in [2.45, 2.75) is 13.5 Å². The van der Waals surface area contributed by atoms with E-state index >= 15 is 0 Å². The monoisotopic (exact) mass is 204 g/mol. The maximum atomic E-state index is 10.7. The molecule has 0 spiro atoms. The summed E-state index contributed by atoms with van der Waals surface area (Å²) in [5.74, 6) is -0.418. The predicted molar refractivity (Wildman–Crippen MR) is 53.4 cm³/mol. The Morgan fingerprint density at radius 1 is 1.75 bits per heavy atom. The Morgan fingerprint density at radius 2 is 2.33 bits per heavy atom. The molecule has 0 rings (SSSR count). The zero-order chi connectivity index (χ0) is 9.61. The summed E-state index contributed by atoms with van der Waals surface area (Å²) >= 11 is 6.08. The number of allylic oxidation sites excluding steroid dienone is 1. The molecule has 0 aliphatic rings. The van der Waals surface area contributed by atoms with Gasteiger partial charge in [-0.05, 0) is 13.5 Å². The van der Waals surface area contributed by atoms with Gasteiger partial charge < -0.3 is 4.74 Å². The molecule has 4 heteroatoms. The van der Waals surface area contributed by atoms with Crippen LogP contribution in [0.5, 0.6) is 0 Å². The lowest BCUT2D eigenvalue weighted by Gasteiger charge is -2.13. The summed E-state index contributed by atoms with van der Waals surface area (Å²) in [6, 6.07) is 0. The molecular formula is C8H13ClO2Si. The molecule has 0 aromatic rings. The Kier molecular flexibility index (Phi) is 4.93. The second kappa shape index (κ2) is 5.16. The van der Waals surface area contributed by atoms with Gasteiger partial charge in [-0.1, -0.05) is 18.4 Å². The summed E-state index contributed by atoms with van der Waals surface area (Å²) in [5.41, 5.74) is 1.91. The van der Waals surface area contributed by atoms with E-state index in [0.29, 0.717) is 6.23 Å². The molecule has 0 aromatic heterocycles. The minimum Gasteiger partial charge on any atom is -0.464 e. The molecule has 1 atom stereocenters. The SMILES string of the molecule is C=CC(=O)OC[Si](C)(Cl)C=CC. The van der Waals surface area contributed by atoms with E-state index in [0.717, 1.165) is 6.08 Å². The van der Waals surface area contributed by atoms with Gasteiger partial charge in [0.15, 0.2) is 0 Å². The first kappa shape index (κ1) is 11.5. The molecule has 0 fully saturated rings. The van der Waals surface area contributed by atoms with E-state index in [1.54, 1.807) is 0 Å². The lowest BCUT2D eigenvalue weighted by Crippen LogP contribution is -2.29. The number of esters is 1. The van der Waals surface area contributed by atoms with Crippen molar-refractivity contribution in [2.24, 2.45) is 0 Å². The van der Waals surface area contributed by atoms with Gasteiger partial charge in [0.25, 0.3) is 0 Å². The third-order valence-electron chi connectivity index (χ3n) is 1.18. The van der Waals surface area contributed by atoms with Crippen molar-refractivity contribution in [1.29, 1.82) is 0 Å². The molecule has 1 unspecified atom stereocenters. The largest absolute Gasteiger partial charge is 0.464 e. The summed E-state index contributed by atoms with van der Waals surface area (Å²) in [4.78, 5) is 10.7. The third kappa shape index (κ3) is 5.15. The summed E-state index contributed by atoms with van der Waals surface area (Å²) in [7, 11) is -1.98. The van der Waals surface area contributed by atoms with Gasteiger partial charge in [-0.15, -0.1) is 0 Å². The van der Waals surface area contributed by atoms with Crippen molar-refractivity contribution in [3.63, 3.8) is 0 Å². The van der Waals surface area contributed by atoms with Crippen molar-refractivity contribution in [3.05, 3.63) is 24.4 Å².